The molecule has 6 N–H and O–H groups in total. The quantitative estimate of drug-likeness (QED) is 0.0654. The highest BCUT2D eigenvalue weighted by atomic mass is 19.1. The molecule has 0 atom stereocenters. The molecule has 258 valence electrons. The first-order valence-electron chi connectivity index (χ1n) is 14.1. The van der Waals surface area contributed by atoms with Crippen molar-refractivity contribution in [2.45, 2.75) is 64.7 Å². The van der Waals surface area contributed by atoms with E-state index in [9.17, 15) is 37.1 Å². The Kier molecular flexibility index (Phi) is 15.3. The summed E-state index contributed by atoms with van der Waals surface area (Å²) >= 11 is 0. The van der Waals surface area contributed by atoms with Crippen molar-refractivity contribution in [3.05, 3.63) is 11.7 Å². The number of hydrogen-bond donors (Lipinski definition) is 4. The number of aliphatic carboxylic acids is 1. The van der Waals surface area contributed by atoms with E-state index in [2.05, 4.69) is 29.8 Å². The molecule has 0 amide bonds. The minimum atomic E-state index is -0.986. The van der Waals surface area contributed by atoms with Crippen LogP contribution in [0.3, 0.4) is 0 Å². The van der Waals surface area contributed by atoms with Crippen molar-refractivity contribution in [2.24, 2.45) is 32.4 Å². The monoisotopic (exact) mass is 664 g/mol. The molecule has 0 saturated heterocycles. The lowest BCUT2D eigenvalue weighted by atomic mass is 10.0. The molecule has 0 aliphatic heterocycles. The zero-order valence-electron chi connectivity index (χ0n) is 25.7. The van der Waals surface area contributed by atoms with Gasteiger partial charge in [0, 0.05) is 6.92 Å². The van der Waals surface area contributed by atoms with E-state index in [0.29, 0.717) is 25.7 Å². The SMILES string of the molecule is CC(=O)c1noc(C2(CF)CC2)n1.CCOC(=O)/C(N)=N\O.CCOC(=O)C(N)=NCC(=O)C1(CF)CC1.O=C(O)C1(CF)CC1. The fraction of sp³-hybridized carbons (Fsp3) is 0.667. The predicted molar refractivity (Wildman–Crippen MR) is 152 cm³/mol. The molecule has 46 heavy (non-hydrogen) atoms. The number of ether oxygens (including phenoxy) is 2. The van der Waals surface area contributed by atoms with Gasteiger partial charge in [-0.1, -0.05) is 10.3 Å². The minimum Gasteiger partial charge on any atom is -0.481 e. The number of hydrogen-bond acceptors (Lipinski definition) is 13. The van der Waals surface area contributed by atoms with Gasteiger partial charge in [-0.25, -0.2) is 18.4 Å². The molecule has 0 radical (unpaired) electrons. The van der Waals surface area contributed by atoms with Crippen LogP contribution in [0.1, 0.15) is 75.8 Å². The van der Waals surface area contributed by atoms with Crippen LogP contribution in [0.25, 0.3) is 0 Å². The van der Waals surface area contributed by atoms with Crippen LogP contribution in [0.2, 0.25) is 0 Å². The van der Waals surface area contributed by atoms with Crippen molar-refractivity contribution in [1.29, 1.82) is 0 Å². The number of halogens is 3. The molecule has 1 heterocycles. The Bertz CT molecular complexity index is 1290. The topological polar surface area (TPSA) is 260 Å². The third-order valence-electron chi connectivity index (χ3n) is 7.04. The van der Waals surface area contributed by atoms with Crippen LogP contribution >= 0.6 is 0 Å². The number of ketones is 2. The van der Waals surface area contributed by atoms with E-state index < -0.39 is 60.0 Å². The number of carboxylic acid groups (broad SMARTS) is 1. The van der Waals surface area contributed by atoms with Gasteiger partial charge in [0.1, 0.15) is 26.6 Å². The van der Waals surface area contributed by atoms with E-state index >= 15 is 0 Å². The van der Waals surface area contributed by atoms with Gasteiger partial charge in [0.15, 0.2) is 5.78 Å². The van der Waals surface area contributed by atoms with Crippen molar-refractivity contribution in [3.8, 4) is 0 Å². The molecule has 0 aromatic carbocycles. The van der Waals surface area contributed by atoms with Crippen LogP contribution in [-0.2, 0) is 34.1 Å². The second-order valence-corrected chi connectivity index (χ2v) is 10.6. The van der Waals surface area contributed by atoms with Crippen molar-refractivity contribution >= 4 is 41.1 Å². The lowest BCUT2D eigenvalue weighted by Crippen LogP contribution is -2.29. The van der Waals surface area contributed by atoms with Gasteiger partial charge in [0.2, 0.25) is 29.2 Å². The first kappa shape index (κ1) is 39.4. The van der Waals surface area contributed by atoms with E-state index in [0.717, 1.165) is 12.8 Å². The molecule has 0 unspecified atom stereocenters. The lowest BCUT2D eigenvalue weighted by molar-refractivity contribution is -0.144. The van der Waals surface area contributed by atoms with Crippen molar-refractivity contribution < 1.29 is 61.5 Å². The average molecular weight is 665 g/mol. The second-order valence-electron chi connectivity index (χ2n) is 10.6. The highest BCUT2D eigenvalue weighted by Gasteiger charge is 2.51. The van der Waals surface area contributed by atoms with Crippen molar-refractivity contribution in [2.75, 3.05) is 39.8 Å². The molecule has 16 nitrogen and oxygen atoms in total. The molecular formula is C27H39F3N6O10. The number of carboxylic acids is 1. The largest absolute Gasteiger partial charge is 0.481 e. The molecule has 3 aliphatic rings. The smallest absolute Gasteiger partial charge is 0.377 e. The maximum Gasteiger partial charge on any atom is 0.377 e. The Morgan fingerprint density at radius 2 is 1.37 bits per heavy atom. The summed E-state index contributed by atoms with van der Waals surface area (Å²) in [5, 5.41) is 22.1. The summed E-state index contributed by atoms with van der Waals surface area (Å²) in [7, 11) is 0. The van der Waals surface area contributed by atoms with Crippen LogP contribution in [0.4, 0.5) is 13.2 Å². The zero-order valence-corrected chi connectivity index (χ0v) is 25.7. The molecule has 3 fully saturated rings. The van der Waals surface area contributed by atoms with Gasteiger partial charge in [0.05, 0.1) is 29.5 Å². The first-order chi connectivity index (χ1) is 21.7. The van der Waals surface area contributed by atoms with Gasteiger partial charge >= 0.3 is 17.9 Å². The second kappa shape index (κ2) is 17.8. The number of carbonyl (C=O) groups excluding carboxylic acids is 4. The number of amidine groups is 2. The molecule has 19 heteroatoms. The van der Waals surface area contributed by atoms with Crippen LogP contribution in [0.5, 0.6) is 0 Å². The number of alkyl halides is 3. The molecule has 3 saturated carbocycles. The van der Waals surface area contributed by atoms with Gasteiger partial charge in [0.25, 0.3) is 0 Å². The summed E-state index contributed by atoms with van der Waals surface area (Å²) in [4.78, 5) is 61.2. The van der Waals surface area contributed by atoms with Gasteiger partial charge in [-0.3, -0.25) is 23.8 Å². The number of nitrogens with two attached hydrogens (primary N) is 2. The zero-order chi connectivity index (χ0) is 35.1. The minimum absolute atomic E-state index is 0.0368. The average Bonchev–Trinajstić information content (AvgIpc) is 3.97. The highest BCUT2D eigenvalue weighted by Crippen LogP contribution is 2.48. The van der Waals surface area contributed by atoms with Crippen LogP contribution in [0, 0.1) is 10.8 Å². The third-order valence-corrected chi connectivity index (χ3v) is 7.04. The van der Waals surface area contributed by atoms with Crippen molar-refractivity contribution in [1.82, 2.24) is 10.1 Å². The molecule has 4 rings (SSSR count). The first-order valence-corrected chi connectivity index (χ1v) is 14.1. The predicted octanol–water partition coefficient (Wildman–Crippen LogP) is 1.62. The number of esters is 2. The molecule has 1 aromatic rings. The van der Waals surface area contributed by atoms with Crippen molar-refractivity contribution in [3.63, 3.8) is 0 Å². The molecule has 1 aromatic heterocycles. The molecular weight excluding hydrogens is 625 g/mol. The Morgan fingerprint density at radius 3 is 1.67 bits per heavy atom. The van der Waals surface area contributed by atoms with Crippen LogP contribution < -0.4 is 11.5 Å². The summed E-state index contributed by atoms with van der Waals surface area (Å²) in [6.45, 7) is 2.90. The Morgan fingerprint density at radius 1 is 0.870 bits per heavy atom. The standard InChI is InChI=1S/C10H15FN2O3.C8H9FN2O2.C5H7FO2.C4H8N2O3/c1-2-16-9(15)8(12)13-5-7(14)10(6-11)3-4-10;1-5(12)6-10-7(13-11-6)8(4-9)2-3-8;6-3-5(1-2-5)4(7)8;1-2-9-4(7)3(5)6-8/h2-6H2,1H3,(H2,12,13);2-4H2,1H3;1-3H2,(H,7,8);8H,2H2,1H3,(H2,5,6). The number of carbonyl (C=O) groups is 5. The summed E-state index contributed by atoms with van der Waals surface area (Å²) in [5.74, 6) is -3.68. The van der Waals surface area contributed by atoms with E-state index in [1.54, 1.807) is 13.8 Å². The summed E-state index contributed by atoms with van der Waals surface area (Å²) in [6.07, 6.45) is 3.58. The third kappa shape index (κ3) is 11.4. The summed E-state index contributed by atoms with van der Waals surface area (Å²) in [5.41, 5.74) is 7.74. The Balaban J connectivity index is 0.000000318. The van der Waals surface area contributed by atoms with Crippen LogP contribution in [0.15, 0.2) is 14.7 Å². The van der Waals surface area contributed by atoms with Gasteiger partial charge in [-0.15, -0.1) is 0 Å². The highest BCUT2D eigenvalue weighted by molar-refractivity contribution is 6.35. The maximum absolute atomic E-state index is 12.5. The number of aromatic nitrogens is 2. The van der Waals surface area contributed by atoms with Crippen LogP contribution in [-0.4, -0.2) is 101 Å². The molecule has 0 spiro atoms. The normalized spacial score (nSPS) is 17.6. The lowest BCUT2D eigenvalue weighted by Gasteiger charge is -2.06. The number of aliphatic imine (C=N–C) groups is 1. The maximum atomic E-state index is 12.5. The number of nitrogens with zero attached hydrogens (tertiary/aromatic N) is 4. The number of rotatable bonds is 11. The van der Waals surface area contributed by atoms with Gasteiger partial charge < -0.3 is 35.8 Å². The van der Waals surface area contributed by atoms with E-state index in [1.165, 1.54) is 6.92 Å². The summed E-state index contributed by atoms with van der Waals surface area (Å²) < 4.78 is 50.5. The van der Waals surface area contributed by atoms with Gasteiger partial charge in [-0.05, 0) is 52.4 Å². The fourth-order valence-electron chi connectivity index (χ4n) is 3.17. The molecule has 0 bridgehead atoms. The summed E-state index contributed by atoms with van der Waals surface area (Å²) in [6, 6.07) is 0. The van der Waals surface area contributed by atoms with E-state index in [1.807, 2.05) is 0 Å². The van der Waals surface area contributed by atoms with Gasteiger partial charge in [-0.2, -0.15) is 4.98 Å². The molecule has 3 aliphatic carbocycles. The number of oxime groups is 1. The Hall–Kier alpha value is -4.58. The number of Topliss-reactive ketones (excluding diaryl/α,β-unsaturated/α-hetero) is 2. The van der Waals surface area contributed by atoms with E-state index in [4.69, 9.17) is 26.3 Å². The van der Waals surface area contributed by atoms with E-state index in [-0.39, 0.29) is 48.9 Å². The fourth-order valence-corrected chi connectivity index (χ4v) is 3.17. The Labute approximate surface area is 261 Å².